The number of aromatic nitrogens is 1. The number of amides is 2. The van der Waals surface area contributed by atoms with Gasteiger partial charge >= 0.3 is 5.97 Å². The smallest absolute Gasteiger partial charge is 0.305 e. The number of carbonyl (C=O) groups excluding carboxylic acids is 2. The largest absolute Gasteiger partial charge is 0.481 e. The van der Waals surface area contributed by atoms with Gasteiger partial charge in [-0.25, -0.2) is 4.99 Å². The molecule has 0 bridgehead atoms. The van der Waals surface area contributed by atoms with E-state index in [1.807, 2.05) is 6.92 Å². The number of aliphatic imine (C=N–C) groups is 1. The van der Waals surface area contributed by atoms with E-state index >= 15 is 0 Å². The Bertz CT molecular complexity index is 987. The third kappa shape index (κ3) is 6.81. The summed E-state index contributed by atoms with van der Waals surface area (Å²) in [7, 11) is 1.48. The summed E-state index contributed by atoms with van der Waals surface area (Å²) < 4.78 is 0. The van der Waals surface area contributed by atoms with Crippen LogP contribution in [0.5, 0.6) is 0 Å². The molecule has 1 unspecified atom stereocenters. The Labute approximate surface area is 180 Å². The Morgan fingerprint density at radius 2 is 1.97 bits per heavy atom. The molecule has 1 atom stereocenters. The molecule has 0 aliphatic rings. The molecule has 164 valence electrons. The number of likely N-dealkylation sites (N-methyl/N-ethyl adjacent to an activating group) is 1. The van der Waals surface area contributed by atoms with E-state index < -0.39 is 23.8 Å². The van der Waals surface area contributed by atoms with E-state index in [1.165, 1.54) is 18.0 Å². The summed E-state index contributed by atoms with van der Waals surface area (Å²) in [6, 6.07) is 9.02. The van der Waals surface area contributed by atoms with E-state index in [0.29, 0.717) is 28.9 Å². The number of rotatable bonds is 9. The number of benzene rings is 1. The van der Waals surface area contributed by atoms with E-state index in [1.54, 1.807) is 36.5 Å². The van der Waals surface area contributed by atoms with Gasteiger partial charge in [-0.1, -0.05) is 19.1 Å². The van der Waals surface area contributed by atoms with Gasteiger partial charge in [-0.3, -0.25) is 19.4 Å². The van der Waals surface area contributed by atoms with E-state index in [-0.39, 0.29) is 18.9 Å². The van der Waals surface area contributed by atoms with Gasteiger partial charge in [-0.05, 0) is 36.2 Å². The van der Waals surface area contributed by atoms with Crippen LogP contribution in [0.25, 0.3) is 0 Å². The van der Waals surface area contributed by atoms with Gasteiger partial charge in [0.25, 0.3) is 5.91 Å². The minimum Gasteiger partial charge on any atom is -0.481 e. The van der Waals surface area contributed by atoms with Crippen molar-refractivity contribution in [1.29, 1.82) is 0 Å². The third-order valence-corrected chi connectivity index (χ3v) is 4.43. The topological polar surface area (TPSA) is 164 Å². The maximum atomic E-state index is 12.7. The number of aryl methyl sites for hydroxylation is 1. The number of carboxylic acid groups (broad SMARTS) is 1. The van der Waals surface area contributed by atoms with Gasteiger partial charge in [0.2, 0.25) is 5.91 Å². The molecule has 1 aromatic carbocycles. The number of carbonyl (C=O) groups is 3. The highest BCUT2D eigenvalue weighted by molar-refractivity contribution is 5.97. The van der Waals surface area contributed by atoms with Crippen LogP contribution in [0.2, 0.25) is 0 Å². The summed E-state index contributed by atoms with van der Waals surface area (Å²) in [5.74, 6) is -2.09. The average molecular weight is 426 g/mol. The molecule has 0 aliphatic carbocycles. The van der Waals surface area contributed by atoms with Gasteiger partial charge in [-0.2, -0.15) is 0 Å². The quantitative estimate of drug-likeness (QED) is 0.342. The number of nitrogens with one attached hydrogen (secondary N) is 1. The van der Waals surface area contributed by atoms with E-state index in [2.05, 4.69) is 15.3 Å². The fourth-order valence-electron chi connectivity index (χ4n) is 3.08. The Morgan fingerprint density at radius 1 is 1.23 bits per heavy atom. The molecule has 0 spiro atoms. The van der Waals surface area contributed by atoms with Crippen molar-refractivity contribution in [3.63, 3.8) is 0 Å². The lowest BCUT2D eigenvalue weighted by Crippen LogP contribution is -2.40. The molecule has 0 aliphatic heterocycles. The molecular formula is C21H26N6O4. The molecule has 6 N–H and O–H groups in total. The molecule has 0 saturated carbocycles. The highest BCUT2D eigenvalue weighted by Crippen LogP contribution is 2.20. The van der Waals surface area contributed by atoms with Crippen molar-refractivity contribution in [3.8, 4) is 0 Å². The zero-order valence-electron chi connectivity index (χ0n) is 17.4. The first-order valence-corrected chi connectivity index (χ1v) is 9.61. The molecule has 0 radical (unpaired) electrons. The SMILES string of the molecule is CCc1ncccc1C(CC(=O)O)NC(=O)CN(C)C(=O)c1cccc(N=C(N)N)c1. The van der Waals surface area contributed by atoms with Crippen molar-refractivity contribution in [3.05, 3.63) is 59.4 Å². The van der Waals surface area contributed by atoms with Crippen molar-refractivity contribution < 1.29 is 19.5 Å². The number of nitrogens with zero attached hydrogens (tertiary/aromatic N) is 3. The second kappa shape index (κ2) is 10.7. The van der Waals surface area contributed by atoms with Crippen LogP contribution < -0.4 is 16.8 Å². The Kier molecular flexibility index (Phi) is 8.07. The number of guanidine groups is 1. The molecule has 0 saturated heterocycles. The van der Waals surface area contributed by atoms with Crippen LogP contribution in [0.15, 0.2) is 47.6 Å². The van der Waals surface area contributed by atoms with Crippen LogP contribution in [0.1, 0.15) is 41.0 Å². The maximum Gasteiger partial charge on any atom is 0.305 e. The third-order valence-electron chi connectivity index (χ3n) is 4.43. The van der Waals surface area contributed by atoms with Crippen LogP contribution >= 0.6 is 0 Å². The molecule has 10 heteroatoms. The Balaban J connectivity index is 2.12. The molecular weight excluding hydrogens is 400 g/mol. The van der Waals surface area contributed by atoms with Crippen LogP contribution in [-0.2, 0) is 16.0 Å². The second-order valence-corrected chi connectivity index (χ2v) is 6.86. The average Bonchev–Trinajstić information content (AvgIpc) is 2.72. The number of pyridine rings is 1. The molecule has 1 heterocycles. The van der Waals surface area contributed by atoms with Gasteiger partial charge in [0.1, 0.15) is 0 Å². The summed E-state index contributed by atoms with van der Waals surface area (Å²) in [5, 5.41) is 12.0. The fourth-order valence-corrected chi connectivity index (χ4v) is 3.08. The second-order valence-electron chi connectivity index (χ2n) is 6.86. The molecule has 31 heavy (non-hydrogen) atoms. The first-order chi connectivity index (χ1) is 14.7. The van der Waals surface area contributed by atoms with Crippen molar-refractivity contribution in [2.24, 2.45) is 16.5 Å². The van der Waals surface area contributed by atoms with Gasteiger partial charge in [0, 0.05) is 24.5 Å². The minimum absolute atomic E-state index is 0.136. The molecule has 2 rings (SSSR count). The predicted molar refractivity (Wildman–Crippen MR) is 116 cm³/mol. The summed E-state index contributed by atoms with van der Waals surface area (Å²) in [5.41, 5.74) is 12.8. The number of hydrogen-bond acceptors (Lipinski definition) is 5. The highest BCUT2D eigenvalue weighted by atomic mass is 16.4. The first kappa shape index (κ1) is 23.3. The van der Waals surface area contributed by atoms with Crippen molar-refractivity contribution in [2.75, 3.05) is 13.6 Å². The molecule has 1 aromatic heterocycles. The fraction of sp³-hybridized carbons (Fsp3) is 0.286. The van der Waals surface area contributed by atoms with E-state index in [0.717, 1.165) is 0 Å². The molecule has 0 fully saturated rings. The van der Waals surface area contributed by atoms with E-state index in [4.69, 9.17) is 11.5 Å². The molecule has 2 aromatic rings. The van der Waals surface area contributed by atoms with Gasteiger partial charge in [0.15, 0.2) is 5.96 Å². The van der Waals surface area contributed by atoms with Crippen molar-refractivity contribution in [1.82, 2.24) is 15.2 Å². The monoisotopic (exact) mass is 426 g/mol. The first-order valence-electron chi connectivity index (χ1n) is 9.61. The van der Waals surface area contributed by atoms with Crippen molar-refractivity contribution >= 4 is 29.4 Å². The number of hydrogen-bond donors (Lipinski definition) is 4. The number of aliphatic carboxylic acids is 1. The number of nitrogens with two attached hydrogens (primary N) is 2. The molecule has 2 amide bonds. The minimum atomic E-state index is -1.06. The lowest BCUT2D eigenvalue weighted by molar-refractivity contribution is -0.137. The maximum absolute atomic E-state index is 12.7. The highest BCUT2D eigenvalue weighted by Gasteiger charge is 2.23. The summed E-state index contributed by atoms with van der Waals surface area (Å²) in [6.45, 7) is 1.64. The van der Waals surface area contributed by atoms with Crippen molar-refractivity contribution in [2.45, 2.75) is 25.8 Å². The number of carboxylic acids is 1. The zero-order chi connectivity index (χ0) is 23.0. The predicted octanol–water partition coefficient (Wildman–Crippen LogP) is 0.953. The van der Waals surface area contributed by atoms with Gasteiger partial charge in [-0.15, -0.1) is 0 Å². The summed E-state index contributed by atoms with van der Waals surface area (Å²) >= 11 is 0. The Hall–Kier alpha value is -3.95. The molecule has 10 nitrogen and oxygen atoms in total. The summed E-state index contributed by atoms with van der Waals surface area (Å²) in [6.07, 6.45) is 1.90. The summed E-state index contributed by atoms with van der Waals surface area (Å²) in [4.78, 5) is 46.0. The lowest BCUT2D eigenvalue weighted by atomic mass is 10.0. The van der Waals surface area contributed by atoms with Crippen LogP contribution in [0, 0.1) is 0 Å². The normalized spacial score (nSPS) is 11.3. The van der Waals surface area contributed by atoms with E-state index in [9.17, 15) is 19.5 Å². The van der Waals surface area contributed by atoms with Gasteiger partial charge in [0.05, 0.1) is 24.7 Å². The zero-order valence-corrected chi connectivity index (χ0v) is 17.4. The van der Waals surface area contributed by atoms with Crippen LogP contribution in [0.4, 0.5) is 5.69 Å². The van der Waals surface area contributed by atoms with Gasteiger partial charge < -0.3 is 26.8 Å². The standard InChI is InChI=1S/C21H26N6O4/c1-3-16-15(8-5-9-24-16)17(11-19(29)30)26-18(28)12-27(2)20(31)13-6-4-7-14(10-13)25-21(22)23/h4-10,17H,3,11-12H2,1-2H3,(H,26,28)(H,29,30)(H4,22,23,25). The lowest BCUT2D eigenvalue weighted by Gasteiger charge is -2.22. The van der Waals surface area contributed by atoms with Crippen LogP contribution in [0.3, 0.4) is 0 Å². The Morgan fingerprint density at radius 3 is 2.61 bits per heavy atom. The van der Waals surface area contributed by atoms with Crippen LogP contribution in [-0.4, -0.2) is 52.3 Å².